The summed E-state index contributed by atoms with van der Waals surface area (Å²) in [6.07, 6.45) is 0.894. The van der Waals surface area contributed by atoms with Gasteiger partial charge in [-0.2, -0.15) is 0 Å². The van der Waals surface area contributed by atoms with Gasteiger partial charge in [0.25, 0.3) is 0 Å². The van der Waals surface area contributed by atoms with Gasteiger partial charge in [0.1, 0.15) is 0 Å². The van der Waals surface area contributed by atoms with E-state index in [0.717, 1.165) is 6.42 Å². The van der Waals surface area contributed by atoms with Crippen molar-refractivity contribution in [3.63, 3.8) is 0 Å². The molecule has 2 N–H and O–H groups in total. The van der Waals surface area contributed by atoms with Crippen LogP contribution in [0.25, 0.3) is 0 Å². The third kappa shape index (κ3) is 3.82. The minimum Gasteiger partial charge on any atom is -0.341 e. The Morgan fingerprint density at radius 3 is 2.59 bits per heavy atom. The van der Waals surface area contributed by atoms with Crippen LogP contribution in [0.3, 0.4) is 0 Å². The van der Waals surface area contributed by atoms with Gasteiger partial charge in [-0.1, -0.05) is 19.9 Å². The summed E-state index contributed by atoms with van der Waals surface area (Å²) in [7, 11) is 1.84. The molecule has 1 rings (SSSR count). The number of nitrogens with zero attached hydrogens (tertiary/aromatic N) is 1. The van der Waals surface area contributed by atoms with E-state index in [-0.39, 0.29) is 17.9 Å². The number of rotatable bonds is 5. The first-order valence-electron chi connectivity index (χ1n) is 5.98. The van der Waals surface area contributed by atoms with Gasteiger partial charge in [0.2, 0.25) is 5.91 Å². The van der Waals surface area contributed by atoms with Gasteiger partial charge in [0, 0.05) is 24.4 Å². The summed E-state index contributed by atoms with van der Waals surface area (Å²) in [5.74, 6) is 0.211. The third-order valence-electron chi connectivity index (χ3n) is 3.09. The molecule has 0 saturated carbocycles. The van der Waals surface area contributed by atoms with Crippen LogP contribution in [0.15, 0.2) is 17.5 Å². The zero-order chi connectivity index (χ0) is 13.0. The summed E-state index contributed by atoms with van der Waals surface area (Å²) >= 11 is 1.73. The number of thiophene rings is 1. The van der Waals surface area contributed by atoms with E-state index in [0.29, 0.717) is 0 Å². The Morgan fingerprint density at radius 1 is 1.47 bits per heavy atom. The second kappa shape index (κ2) is 6.17. The van der Waals surface area contributed by atoms with Crippen LogP contribution in [-0.4, -0.2) is 29.9 Å². The van der Waals surface area contributed by atoms with Crippen LogP contribution in [0, 0.1) is 5.92 Å². The van der Waals surface area contributed by atoms with Crippen LogP contribution in [0.4, 0.5) is 0 Å². The highest BCUT2D eigenvalue weighted by atomic mass is 32.1. The Labute approximate surface area is 108 Å². The number of amides is 1. The summed E-state index contributed by atoms with van der Waals surface area (Å²) in [5, 5.41) is 2.06. The van der Waals surface area contributed by atoms with Gasteiger partial charge < -0.3 is 10.6 Å². The number of carbonyl (C=O) groups is 1. The molecule has 96 valence electrons. The van der Waals surface area contributed by atoms with Gasteiger partial charge in [-0.05, 0) is 24.3 Å². The molecule has 3 nitrogen and oxygen atoms in total. The van der Waals surface area contributed by atoms with E-state index in [9.17, 15) is 4.79 Å². The Bertz CT molecular complexity index is 348. The van der Waals surface area contributed by atoms with Crippen molar-refractivity contribution in [1.29, 1.82) is 0 Å². The lowest BCUT2D eigenvalue weighted by molar-refractivity contribution is -0.134. The zero-order valence-corrected chi connectivity index (χ0v) is 11.8. The largest absolute Gasteiger partial charge is 0.341 e. The van der Waals surface area contributed by atoms with E-state index < -0.39 is 6.04 Å². The molecule has 0 bridgehead atoms. The van der Waals surface area contributed by atoms with Gasteiger partial charge in [-0.15, -0.1) is 11.3 Å². The maximum absolute atomic E-state index is 12.1. The number of nitrogens with two attached hydrogens (primary N) is 1. The molecule has 17 heavy (non-hydrogen) atoms. The molecule has 0 aliphatic heterocycles. The molecule has 0 fully saturated rings. The van der Waals surface area contributed by atoms with Gasteiger partial charge in [-0.25, -0.2) is 0 Å². The molecule has 0 radical (unpaired) electrons. The van der Waals surface area contributed by atoms with Crippen LogP contribution in [0.5, 0.6) is 0 Å². The van der Waals surface area contributed by atoms with Gasteiger partial charge in [-0.3, -0.25) is 4.79 Å². The SMILES string of the molecule is CC(C)[C@@H](N)C(=O)N(C)C(C)Cc1cccs1. The zero-order valence-electron chi connectivity index (χ0n) is 11.0. The van der Waals surface area contributed by atoms with Crippen molar-refractivity contribution in [3.05, 3.63) is 22.4 Å². The summed E-state index contributed by atoms with van der Waals surface area (Å²) in [5.41, 5.74) is 5.88. The Morgan fingerprint density at radius 2 is 2.12 bits per heavy atom. The molecule has 4 heteroatoms. The molecule has 0 aromatic carbocycles. The maximum Gasteiger partial charge on any atom is 0.239 e. The van der Waals surface area contributed by atoms with E-state index in [1.54, 1.807) is 16.2 Å². The van der Waals surface area contributed by atoms with Crippen LogP contribution in [-0.2, 0) is 11.2 Å². The first kappa shape index (κ1) is 14.2. The van der Waals surface area contributed by atoms with Crippen molar-refractivity contribution < 1.29 is 4.79 Å². The lowest BCUT2D eigenvalue weighted by Gasteiger charge is -2.28. The van der Waals surface area contributed by atoms with E-state index in [1.165, 1.54) is 4.88 Å². The van der Waals surface area contributed by atoms with Crippen LogP contribution >= 0.6 is 11.3 Å². The van der Waals surface area contributed by atoms with E-state index >= 15 is 0 Å². The summed E-state index contributed by atoms with van der Waals surface area (Å²) in [4.78, 5) is 15.1. The molecule has 0 aliphatic rings. The van der Waals surface area contributed by atoms with Crippen molar-refractivity contribution in [2.24, 2.45) is 11.7 Å². The van der Waals surface area contributed by atoms with E-state index in [4.69, 9.17) is 5.73 Å². The summed E-state index contributed by atoms with van der Waals surface area (Å²) < 4.78 is 0. The van der Waals surface area contributed by atoms with Crippen LogP contribution < -0.4 is 5.73 Å². The summed E-state index contributed by atoms with van der Waals surface area (Å²) in [6, 6.07) is 3.92. The summed E-state index contributed by atoms with van der Waals surface area (Å²) in [6.45, 7) is 6.01. The maximum atomic E-state index is 12.1. The number of hydrogen-bond donors (Lipinski definition) is 1. The van der Waals surface area contributed by atoms with Crippen LogP contribution in [0.2, 0.25) is 0 Å². The predicted octanol–water partition coefficient (Wildman–Crippen LogP) is 2.12. The van der Waals surface area contributed by atoms with Gasteiger partial charge in [0.15, 0.2) is 0 Å². The van der Waals surface area contributed by atoms with E-state index in [1.807, 2.05) is 27.0 Å². The Kier molecular flexibility index (Phi) is 5.15. The van der Waals surface area contributed by atoms with Crippen molar-refractivity contribution in [3.8, 4) is 0 Å². The average molecular weight is 254 g/mol. The molecule has 1 aromatic rings. The quantitative estimate of drug-likeness (QED) is 0.875. The molecule has 0 saturated heterocycles. The molecule has 1 heterocycles. The number of likely N-dealkylation sites (N-methyl/N-ethyl adjacent to an activating group) is 1. The molecule has 0 spiro atoms. The molecular weight excluding hydrogens is 232 g/mol. The minimum atomic E-state index is -0.397. The van der Waals surface area contributed by atoms with Gasteiger partial charge >= 0.3 is 0 Å². The van der Waals surface area contributed by atoms with Gasteiger partial charge in [0.05, 0.1) is 6.04 Å². The minimum absolute atomic E-state index is 0.0315. The fourth-order valence-corrected chi connectivity index (χ4v) is 2.42. The van der Waals surface area contributed by atoms with E-state index in [2.05, 4.69) is 18.4 Å². The topological polar surface area (TPSA) is 46.3 Å². The second-order valence-corrected chi connectivity index (χ2v) is 5.88. The van der Waals surface area contributed by atoms with Crippen molar-refractivity contribution in [1.82, 2.24) is 4.90 Å². The third-order valence-corrected chi connectivity index (χ3v) is 3.99. The monoisotopic (exact) mass is 254 g/mol. The highest BCUT2D eigenvalue weighted by Crippen LogP contribution is 2.14. The molecule has 1 aromatic heterocycles. The predicted molar refractivity (Wildman–Crippen MR) is 73.1 cm³/mol. The lowest BCUT2D eigenvalue weighted by Crippen LogP contribution is -2.48. The number of hydrogen-bond acceptors (Lipinski definition) is 3. The normalized spacial score (nSPS) is 14.7. The second-order valence-electron chi connectivity index (χ2n) is 4.85. The Hall–Kier alpha value is -0.870. The molecule has 2 atom stereocenters. The average Bonchev–Trinajstić information content (AvgIpc) is 2.78. The first-order valence-corrected chi connectivity index (χ1v) is 6.86. The number of carbonyl (C=O) groups excluding carboxylic acids is 1. The highest BCUT2D eigenvalue weighted by Gasteiger charge is 2.24. The van der Waals surface area contributed by atoms with Crippen molar-refractivity contribution in [2.45, 2.75) is 39.3 Å². The Balaban J connectivity index is 2.57. The molecule has 1 unspecified atom stereocenters. The molecule has 0 aliphatic carbocycles. The van der Waals surface area contributed by atoms with Crippen molar-refractivity contribution in [2.75, 3.05) is 7.05 Å². The highest BCUT2D eigenvalue weighted by molar-refractivity contribution is 7.09. The fourth-order valence-electron chi connectivity index (χ4n) is 1.59. The lowest BCUT2D eigenvalue weighted by atomic mass is 10.0. The smallest absolute Gasteiger partial charge is 0.239 e. The molecular formula is C13H22N2OS. The standard InChI is InChI=1S/C13H22N2OS/c1-9(2)12(14)13(16)15(4)10(3)8-11-6-5-7-17-11/h5-7,9-10,12H,8,14H2,1-4H3/t10?,12-/m1/s1. The van der Waals surface area contributed by atoms with Crippen LogP contribution in [0.1, 0.15) is 25.6 Å². The fraction of sp³-hybridized carbons (Fsp3) is 0.615. The molecule has 1 amide bonds. The van der Waals surface area contributed by atoms with Crippen molar-refractivity contribution >= 4 is 17.2 Å². The first-order chi connectivity index (χ1) is 7.93.